The van der Waals surface area contributed by atoms with Crippen molar-refractivity contribution >= 4 is 0 Å². The summed E-state index contributed by atoms with van der Waals surface area (Å²) < 4.78 is 1.81. The first-order valence-electron chi connectivity index (χ1n) is 4.28. The highest BCUT2D eigenvalue weighted by Gasteiger charge is 2.09. The van der Waals surface area contributed by atoms with Crippen LogP contribution in [0.25, 0.3) is 0 Å². The van der Waals surface area contributed by atoms with Gasteiger partial charge in [0.15, 0.2) is 0 Å². The average Bonchev–Trinajstić information content (AvgIpc) is 2.32. The van der Waals surface area contributed by atoms with Crippen LogP contribution in [0.4, 0.5) is 0 Å². The topological polar surface area (TPSA) is 38.0 Å². The smallest absolute Gasteiger partial charge is 0.0682 e. The van der Waals surface area contributed by atoms with E-state index in [0.29, 0.717) is 12.3 Å². The number of nitrogens with zero attached hydrogens (tertiary/aromatic N) is 2. The summed E-state index contributed by atoms with van der Waals surface area (Å²) in [6.45, 7) is 4.43. The van der Waals surface area contributed by atoms with Crippen molar-refractivity contribution in [3.63, 3.8) is 0 Å². The van der Waals surface area contributed by atoms with Crippen molar-refractivity contribution in [3.05, 3.63) is 17.5 Å². The molecule has 0 aliphatic heterocycles. The fraction of sp³-hybridized carbons (Fsp3) is 0.667. The molecule has 1 aromatic heterocycles. The van der Waals surface area contributed by atoms with Crippen molar-refractivity contribution in [3.8, 4) is 0 Å². The molecular formula is C9H16N2O. The molecule has 0 bridgehead atoms. The molecule has 0 amide bonds. The Morgan fingerprint density at radius 3 is 2.75 bits per heavy atom. The number of hydrogen-bond acceptors (Lipinski definition) is 2. The van der Waals surface area contributed by atoms with Crippen LogP contribution in [-0.2, 0) is 13.5 Å². The lowest BCUT2D eigenvalue weighted by molar-refractivity contribution is 0.299. The Labute approximate surface area is 73.0 Å². The summed E-state index contributed by atoms with van der Waals surface area (Å²) in [7, 11) is 1.91. The van der Waals surface area contributed by atoms with E-state index in [4.69, 9.17) is 5.11 Å². The van der Waals surface area contributed by atoms with Gasteiger partial charge in [-0.2, -0.15) is 5.10 Å². The molecule has 0 unspecified atom stereocenters. The third-order valence-corrected chi connectivity index (χ3v) is 1.87. The number of aromatic nitrogens is 2. The molecule has 0 atom stereocenters. The Hall–Kier alpha value is -0.830. The van der Waals surface area contributed by atoms with E-state index in [0.717, 1.165) is 11.3 Å². The van der Waals surface area contributed by atoms with Gasteiger partial charge >= 0.3 is 0 Å². The van der Waals surface area contributed by atoms with E-state index in [2.05, 4.69) is 18.9 Å². The number of aryl methyl sites for hydroxylation is 1. The predicted octanol–water partition coefficient (Wildman–Crippen LogP) is 1.08. The van der Waals surface area contributed by atoms with Crippen LogP contribution in [0, 0.1) is 0 Å². The molecule has 0 spiro atoms. The van der Waals surface area contributed by atoms with Crippen LogP contribution < -0.4 is 0 Å². The zero-order valence-electron chi connectivity index (χ0n) is 7.91. The Morgan fingerprint density at radius 1 is 1.58 bits per heavy atom. The van der Waals surface area contributed by atoms with Gasteiger partial charge in [-0.15, -0.1) is 0 Å². The van der Waals surface area contributed by atoms with Gasteiger partial charge in [-0.25, -0.2) is 0 Å². The largest absolute Gasteiger partial charge is 0.396 e. The van der Waals surface area contributed by atoms with E-state index in [9.17, 15) is 0 Å². The van der Waals surface area contributed by atoms with Gasteiger partial charge in [0.05, 0.1) is 5.69 Å². The molecule has 1 heterocycles. The summed E-state index contributed by atoms with van der Waals surface area (Å²) in [6, 6.07) is 0. The van der Waals surface area contributed by atoms with E-state index >= 15 is 0 Å². The van der Waals surface area contributed by atoms with E-state index in [1.165, 1.54) is 0 Å². The second-order valence-corrected chi connectivity index (χ2v) is 3.34. The maximum Gasteiger partial charge on any atom is 0.0682 e. The molecule has 0 saturated carbocycles. The second kappa shape index (κ2) is 3.72. The van der Waals surface area contributed by atoms with E-state index in [1.54, 1.807) is 4.68 Å². The summed E-state index contributed by atoms with van der Waals surface area (Å²) in [5.41, 5.74) is 2.27. The first-order valence-corrected chi connectivity index (χ1v) is 4.28. The van der Waals surface area contributed by atoms with Gasteiger partial charge in [-0.3, -0.25) is 4.68 Å². The highest BCUT2D eigenvalue weighted by atomic mass is 16.2. The SMILES string of the molecule is CC(C)c1nn(C)cc1CCO. The Morgan fingerprint density at radius 2 is 2.25 bits per heavy atom. The summed E-state index contributed by atoms with van der Waals surface area (Å²) in [6.07, 6.45) is 2.69. The van der Waals surface area contributed by atoms with E-state index < -0.39 is 0 Å². The third-order valence-electron chi connectivity index (χ3n) is 1.87. The Kier molecular flexibility index (Phi) is 2.87. The Balaban J connectivity index is 2.92. The summed E-state index contributed by atoms with van der Waals surface area (Å²) >= 11 is 0. The summed E-state index contributed by atoms with van der Waals surface area (Å²) in [5.74, 6) is 0.438. The van der Waals surface area contributed by atoms with Crippen molar-refractivity contribution in [2.45, 2.75) is 26.2 Å². The Bertz CT molecular complexity index is 253. The lowest BCUT2D eigenvalue weighted by Gasteiger charge is -2.02. The molecule has 3 heteroatoms. The van der Waals surface area contributed by atoms with Crippen LogP contribution in [0.15, 0.2) is 6.20 Å². The minimum Gasteiger partial charge on any atom is -0.396 e. The fourth-order valence-corrected chi connectivity index (χ4v) is 1.35. The summed E-state index contributed by atoms with van der Waals surface area (Å²) in [5, 5.41) is 13.1. The normalized spacial score (nSPS) is 11.1. The second-order valence-electron chi connectivity index (χ2n) is 3.34. The standard InChI is InChI=1S/C9H16N2O/c1-7(2)9-8(4-5-12)6-11(3)10-9/h6-7,12H,4-5H2,1-3H3. The van der Waals surface area contributed by atoms with Gasteiger partial charge in [-0.1, -0.05) is 13.8 Å². The van der Waals surface area contributed by atoms with Crippen LogP contribution in [0.1, 0.15) is 31.0 Å². The predicted molar refractivity (Wildman–Crippen MR) is 48.1 cm³/mol. The highest BCUT2D eigenvalue weighted by Crippen LogP contribution is 2.17. The van der Waals surface area contributed by atoms with E-state index in [1.807, 2.05) is 13.2 Å². The zero-order chi connectivity index (χ0) is 9.14. The first-order chi connectivity index (χ1) is 5.65. The number of aliphatic hydroxyl groups excluding tert-OH is 1. The molecule has 1 N–H and O–H groups in total. The van der Waals surface area contributed by atoms with Crippen LogP contribution in [0.2, 0.25) is 0 Å². The van der Waals surface area contributed by atoms with Crippen LogP contribution >= 0.6 is 0 Å². The zero-order valence-corrected chi connectivity index (χ0v) is 7.91. The van der Waals surface area contributed by atoms with Gasteiger partial charge in [0.25, 0.3) is 0 Å². The van der Waals surface area contributed by atoms with Gasteiger partial charge < -0.3 is 5.11 Å². The molecule has 0 fully saturated rings. The van der Waals surface area contributed by atoms with Crippen LogP contribution in [-0.4, -0.2) is 21.5 Å². The lowest BCUT2D eigenvalue weighted by atomic mass is 10.0. The van der Waals surface area contributed by atoms with Crippen molar-refractivity contribution in [1.82, 2.24) is 9.78 Å². The maximum absolute atomic E-state index is 8.80. The molecule has 68 valence electrons. The molecule has 1 aromatic rings. The molecule has 0 saturated heterocycles. The molecule has 0 aliphatic rings. The van der Waals surface area contributed by atoms with Crippen LogP contribution in [0.5, 0.6) is 0 Å². The quantitative estimate of drug-likeness (QED) is 0.733. The van der Waals surface area contributed by atoms with E-state index in [-0.39, 0.29) is 6.61 Å². The van der Waals surface area contributed by atoms with Gasteiger partial charge in [-0.05, 0) is 17.9 Å². The van der Waals surface area contributed by atoms with Gasteiger partial charge in [0.2, 0.25) is 0 Å². The summed E-state index contributed by atoms with van der Waals surface area (Å²) in [4.78, 5) is 0. The van der Waals surface area contributed by atoms with Crippen molar-refractivity contribution in [2.75, 3.05) is 6.61 Å². The van der Waals surface area contributed by atoms with Gasteiger partial charge in [0.1, 0.15) is 0 Å². The van der Waals surface area contributed by atoms with Crippen LogP contribution in [0.3, 0.4) is 0 Å². The minimum atomic E-state index is 0.200. The monoisotopic (exact) mass is 168 g/mol. The molecule has 0 aromatic carbocycles. The molecular weight excluding hydrogens is 152 g/mol. The lowest BCUT2D eigenvalue weighted by Crippen LogP contribution is -1.97. The van der Waals surface area contributed by atoms with Crippen molar-refractivity contribution in [1.29, 1.82) is 0 Å². The maximum atomic E-state index is 8.80. The van der Waals surface area contributed by atoms with Crippen molar-refractivity contribution < 1.29 is 5.11 Å². The first kappa shape index (κ1) is 9.26. The minimum absolute atomic E-state index is 0.200. The highest BCUT2D eigenvalue weighted by molar-refractivity contribution is 5.20. The molecule has 3 nitrogen and oxygen atoms in total. The molecule has 1 rings (SSSR count). The number of aliphatic hydroxyl groups is 1. The third kappa shape index (κ3) is 1.85. The molecule has 12 heavy (non-hydrogen) atoms. The van der Waals surface area contributed by atoms with Gasteiger partial charge in [0, 0.05) is 19.9 Å². The number of hydrogen-bond donors (Lipinski definition) is 1. The fourth-order valence-electron chi connectivity index (χ4n) is 1.35. The average molecular weight is 168 g/mol. The van der Waals surface area contributed by atoms with Crippen molar-refractivity contribution in [2.24, 2.45) is 7.05 Å². The molecule has 0 aliphatic carbocycles. The molecule has 0 radical (unpaired) electrons. The number of rotatable bonds is 3.